The van der Waals surface area contributed by atoms with Crippen molar-refractivity contribution in [3.8, 4) is 28.5 Å². The summed E-state index contributed by atoms with van der Waals surface area (Å²) < 4.78 is 16.1. The largest absolute Gasteiger partial charge is 0.493 e. The van der Waals surface area contributed by atoms with Crippen LogP contribution in [0.4, 0.5) is 5.13 Å². The van der Waals surface area contributed by atoms with Crippen molar-refractivity contribution in [1.82, 2.24) is 10.3 Å². The lowest BCUT2D eigenvalue weighted by atomic mass is 10.1. The number of aromatic nitrogens is 1. The lowest BCUT2D eigenvalue weighted by Gasteiger charge is -2.10. The highest BCUT2D eigenvalue weighted by atomic mass is 32.1. The van der Waals surface area contributed by atoms with E-state index in [1.54, 1.807) is 14.2 Å². The van der Waals surface area contributed by atoms with E-state index in [4.69, 9.17) is 26.4 Å². The van der Waals surface area contributed by atoms with Gasteiger partial charge in [0.1, 0.15) is 5.75 Å². The minimum absolute atomic E-state index is 0.140. The van der Waals surface area contributed by atoms with Gasteiger partial charge < -0.3 is 19.5 Å². The number of methoxy groups -OCH3 is 2. The first-order valence-electron chi connectivity index (χ1n) is 9.38. The van der Waals surface area contributed by atoms with Crippen molar-refractivity contribution < 1.29 is 19.0 Å². The van der Waals surface area contributed by atoms with Crippen LogP contribution in [0.3, 0.4) is 0 Å². The number of aryl methyl sites for hydroxylation is 2. The Balaban J connectivity index is 1.54. The fourth-order valence-electron chi connectivity index (χ4n) is 2.70. The standard InChI is InChI=1S/C22H23N3O4S2/c1-13-5-7-16(9-14(13)2)29-11-20(26)24-21(30)25-22-23-17(12-31-22)15-6-8-18(27-3)19(10-15)28-4/h5-10,12H,11H2,1-4H3,(H2,23,24,25,26,30). The molecule has 2 aromatic carbocycles. The summed E-state index contributed by atoms with van der Waals surface area (Å²) in [4.78, 5) is 16.6. The van der Waals surface area contributed by atoms with Crippen LogP contribution in [-0.2, 0) is 4.79 Å². The van der Waals surface area contributed by atoms with E-state index in [0.29, 0.717) is 22.4 Å². The molecule has 0 spiro atoms. The Morgan fingerprint density at radius 3 is 2.55 bits per heavy atom. The van der Waals surface area contributed by atoms with E-state index in [-0.39, 0.29) is 17.6 Å². The molecule has 1 aromatic heterocycles. The number of rotatable bonds is 7. The number of nitrogens with zero attached hydrogens (tertiary/aromatic N) is 1. The molecule has 7 nitrogen and oxygen atoms in total. The average Bonchev–Trinajstić information content (AvgIpc) is 3.22. The Morgan fingerprint density at radius 1 is 1.06 bits per heavy atom. The lowest BCUT2D eigenvalue weighted by molar-refractivity contribution is -0.121. The van der Waals surface area contributed by atoms with Gasteiger partial charge in [0.05, 0.1) is 19.9 Å². The summed E-state index contributed by atoms with van der Waals surface area (Å²) in [5.74, 6) is 1.55. The van der Waals surface area contributed by atoms with Gasteiger partial charge in [0.2, 0.25) is 0 Å². The number of carbonyl (C=O) groups is 1. The molecule has 0 aliphatic carbocycles. The van der Waals surface area contributed by atoms with E-state index < -0.39 is 0 Å². The minimum Gasteiger partial charge on any atom is -0.493 e. The van der Waals surface area contributed by atoms with Gasteiger partial charge in [-0.3, -0.25) is 10.1 Å². The smallest absolute Gasteiger partial charge is 0.264 e. The molecule has 1 amide bonds. The van der Waals surface area contributed by atoms with Crippen molar-refractivity contribution in [3.05, 3.63) is 52.9 Å². The minimum atomic E-state index is -0.354. The summed E-state index contributed by atoms with van der Waals surface area (Å²) in [6.45, 7) is 3.87. The predicted octanol–water partition coefficient (Wildman–Crippen LogP) is 4.34. The van der Waals surface area contributed by atoms with Crippen LogP contribution in [0.15, 0.2) is 41.8 Å². The molecule has 0 radical (unpaired) electrons. The van der Waals surface area contributed by atoms with Crippen LogP contribution < -0.4 is 24.8 Å². The third kappa shape index (κ3) is 5.93. The molecule has 31 heavy (non-hydrogen) atoms. The second-order valence-corrected chi connectivity index (χ2v) is 7.91. The number of ether oxygens (including phenoxy) is 3. The highest BCUT2D eigenvalue weighted by molar-refractivity contribution is 7.80. The van der Waals surface area contributed by atoms with E-state index in [9.17, 15) is 4.79 Å². The third-order valence-electron chi connectivity index (χ3n) is 4.51. The molecule has 0 aliphatic heterocycles. The summed E-state index contributed by atoms with van der Waals surface area (Å²) >= 11 is 6.58. The first-order chi connectivity index (χ1) is 14.9. The highest BCUT2D eigenvalue weighted by Crippen LogP contribution is 2.33. The van der Waals surface area contributed by atoms with Gasteiger partial charge in [-0.15, -0.1) is 11.3 Å². The Hall–Kier alpha value is -3.17. The molecule has 3 aromatic rings. The average molecular weight is 458 g/mol. The number of carbonyl (C=O) groups excluding carboxylic acids is 1. The van der Waals surface area contributed by atoms with Gasteiger partial charge >= 0.3 is 0 Å². The van der Waals surface area contributed by atoms with Gasteiger partial charge in [0, 0.05) is 10.9 Å². The zero-order valence-corrected chi connectivity index (χ0v) is 19.3. The topological polar surface area (TPSA) is 81.7 Å². The van der Waals surface area contributed by atoms with Crippen molar-refractivity contribution >= 4 is 39.7 Å². The van der Waals surface area contributed by atoms with Crippen LogP contribution in [0.5, 0.6) is 17.2 Å². The molecule has 0 aliphatic rings. The van der Waals surface area contributed by atoms with Crippen molar-refractivity contribution in [2.75, 3.05) is 26.1 Å². The van der Waals surface area contributed by atoms with E-state index >= 15 is 0 Å². The summed E-state index contributed by atoms with van der Waals surface area (Å²) in [6.07, 6.45) is 0. The summed E-state index contributed by atoms with van der Waals surface area (Å²) in [5, 5.41) is 8.12. The molecule has 0 unspecified atom stereocenters. The number of hydrogen-bond acceptors (Lipinski definition) is 7. The maximum absolute atomic E-state index is 12.1. The molecule has 2 N–H and O–H groups in total. The molecule has 162 valence electrons. The summed E-state index contributed by atoms with van der Waals surface area (Å²) in [7, 11) is 3.17. The molecule has 3 rings (SSSR count). The molecular weight excluding hydrogens is 434 g/mol. The SMILES string of the molecule is COc1ccc(-c2csc(NC(=S)NC(=O)COc3ccc(C)c(C)c3)n2)cc1OC. The predicted molar refractivity (Wildman–Crippen MR) is 126 cm³/mol. The van der Waals surface area contributed by atoms with Gasteiger partial charge in [-0.2, -0.15) is 0 Å². The monoisotopic (exact) mass is 457 g/mol. The van der Waals surface area contributed by atoms with E-state index in [0.717, 1.165) is 22.4 Å². The number of amides is 1. The molecule has 0 saturated carbocycles. The Morgan fingerprint density at radius 2 is 1.84 bits per heavy atom. The first kappa shape index (κ1) is 22.5. The third-order valence-corrected chi connectivity index (χ3v) is 5.47. The van der Waals surface area contributed by atoms with Crippen LogP contribution in [0, 0.1) is 13.8 Å². The van der Waals surface area contributed by atoms with Crippen LogP contribution in [0.2, 0.25) is 0 Å². The lowest BCUT2D eigenvalue weighted by Crippen LogP contribution is -2.37. The maximum atomic E-state index is 12.1. The number of hydrogen-bond donors (Lipinski definition) is 2. The molecular formula is C22H23N3O4S2. The van der Waals surface area contributed by atoms with E-state index in [1.165, 1.54) is 11.3 Å². The van der Waals surface area contributed by atoms with Crippen LogP contribution >= 0.6 is 23.6 Å². The quantitative estimate of drug-likeness (QED) is 0.511. The summed E-state index contributed by atoms with van der Waals surface area (Å²) in [6, 6.07) is 11.2. The molecule has 1 heterocycles. The number of thiazole rings is 1. The van der Waals surface area contributed by atoms with Crippen molar-refractivity contribution in [3.63, 3.8) is 0 Å². The van der Waals surface area contributed by atoms with E-state index in [1.807, 2.05) is 55.6 Å². The Kier molecular flexibility index (Phi) is 7.43. The zero-order chi connectivity index (χ0) is 22.4. The molecule has 9 heteroatoms. The number of nitrogens with one attached hydrogen (secondary N) is 2. The molecule has 0 fully saturated rings. The molecule has 0 atom stereocenters. The normalized spacial score (nSPS) is 10.3. The highest BCUT2D eigenvalue weighted by Gasteiger charge is 2.11. The van der Waals surface area contributed by atoms with Gasteiger partial charge in [-0.05, 0) is 67.5 Å². The maximum Gasteiger partial charge on any atom is 0.264 e. The van der Waals surface area contributed by atoms with Crippen LogP contribution in [-0.4, -0.2) is 36.8 Å². The Bertz CT molecular complexity index is 1100. The Labute approximate surface area is 190 Å². The fraction of sp³-hybridized carbons (Fsp3) is 0.227. The van der Waals surface area contributed by atoms with Crippen LogP contribution in [0.1, 0.15) is 11.1 Å². The van der Waals surface area contributed by atoms with Crippen molar-refractivity contribution in [1.29, 1.82) is 0 Å². The van der Waals surface area contributed by atoms with Gasteiger partial charge in [-0.1, -0.05) is 6.07 Å². The molecule has 0 saturated heterocycles. The van der Waals surface area contributed by atoms with Gasteiger partial charge in [-0.25, -0.2) is 4.98 Å². The van der Waals surface area contributed by atoms with E-state index in [2.05, 4.69) is 15.6 Å². The number of thiocarbonyl (C=S) groups is 1. The van der Waals surface area contributed by atoms with Crippen molar-refractivity contribution in [2.45, 2.75) is 13.8 Å². The van der Waals surface area contributed by atoms with Crippen LogP contribution in [0.25, 0.3) is 11.3 Å². The van der Waals surface area contributed by atoms with Gasteiger partial charge in [0.15, 0.2) is 28.3 Å². The van der Waals surface area contributed by atoms with Crippen molar-refractivity contribution in [2.24, 2.45) is 0 Å². The van der Waals surface area contributed by atoms with Gasteiger partial charge in [0.25, 0.3) is 5.91 Å². The second kappa shape index (κ2) is 10.2. The fourth-order valence-corrected chi connectivity index (χ4v) is 3.70. The number of anilines is 1. The second-order valence-electron chi connectivity index (χ2n) is 6.64. The zero-order valence-electron chi connectivity index (χ0n) is 17.6. The summed E-state index contributed by atoms with van der Waals surface area (Å²) in [5.41, 5.74) is 3.89. The molecule has 0 bridgehead atoms. The first-order valence-corrected chi connectivity index (χ1v) is 10.7. The number of benzene rings is 2.